The number of thiazole rings is 1. The maximum absolute atomic E-state index is 12.5. The summed E-state index contributed by atoms with van der Waals surface area (Å²) in [6.07, 6.45) is -2.82. The number of halogens is 3. The fraction of sp³-hybridized carbons (Fsp3) is 0.143. The third-order valence-corrected chi connectivity index (χ3v) is 4.93. The average Bonchev–Trinajstić information content (AvgIpc) is 3.13. The van der Waals surface area contributed by atoms with Gasteiger partial charge in [-0.25, -0.2) is 4.98 Å². The Kier molecular flexibility index (Phi) is 3.95. The van der Waals surface area contributed by atoms with E-state index in [0.29, 0.717) is 22.6 Å². The van der Waals surface area contributed by atoms with Crippen molar-refractivity contribution in [3.8, 4) is 6.07 Å². The van der Waals surface area contributed by atoms with Gasteiger partial charge < -0.3 is 9.71 Å². The molecule has 118 valence electrons. The standard InChI is InChI=1S/C14H9F3N4S2/c1-7-2-3-9(12-11(7)8(4-18)5-19-12)21-23-10-6-22-13(20-10)14(15,16)17/h2-3,5-6,19,21H,1H3. The molecule has 1 aromatic carbocycles. The van der Waals surface area contributed by atoms with Gasteiger partial charge in [0.25, 0.3) is 0 Å². The van der Waals surface area contributed by atoms with E-state index in [1.165, 1.54) is 5.38 Å². The highest BCUT2D eigenvalue weighted by molar-refractivity contribution is 8.00. The summed E-state index contributed by atoms with van der Waals surface area (Å²) in [5.74, 6) is 0. The number of rotatable bonds is 3. The van der Waals surface area contributed by atoms with Gasteiger partial charge in [0.2, 0.25) is 0 Å². The SMILES string of the molecule is Cc1ccc(NSc2csc(C(F)(F)F)n2)c2[nH]cc(C#N)c12. The fourth-order valence-corrected chi connectivity index (χ4v) is 3.60. The topological polar surface area (TPSA) is 64.5 Å². The Balaban J connectivity index is 1.86. The van der Waals surface area contributed by atoms with Crippen LogP contribution in [0.15, 0.2) is 28.7 Å². The first-order valence-corrected chi connectivity index (χ1v) is 8.06. The molecule has 0 spiro atoms. The zero-order valence-corrected chi connectivity index (χ0v) is 13.3. The molecule has 23 heavy (non-hydrogen) atoms. The Bertz CT molecular complexity index is 905. The van der Waals surface area contributed by atoms with E-state index in [9.17, 15) is 13.2 Å². The van der Waals surface area contributed by atoms with Crippen molar-refractivity contribution in [3.05, 3.63) is 39.8 Å². The molecule has 0 aliphatic rings. The molecule has 0 fully saturated rings. The molecule has 0 bridgehead atoms. The summed E-state index contributed by atoms with van der Waals surface area (Å²) in [4.78, 5) is 6.57. The number of anilines is 1. The highest BCUT2D eigenvalue weighted by Gasteiger charge is 2.34. The van der Waals surface area contributed by atoms with Crippen LogP contribution in [0.3, 0.4) is 0 Å². The molecule has 2 aromatic heterocycles. The first kappa shape index (κ1) is 15.7. The largest absolute Gasteiger partial charge is 0.443 e. The molecule has 0 aliphatic carbocycles. The number of hydrogen-bond acceptors (Lipinski definition) is 5. The smallest absolute Gasteiger partial charge is 0.358 e. The van der Waals surface area contributed by atoms with E-state index in [1.54, 1.807) is 12.3 Å². The zero-order chi connectivity index (χ0) is 16.6. The minimum atomic E-state index is -4.43. The normalized spacial score (nSPS) is 11.6. The molecule has 3 aromatic rings. The van der Waals surface area contributed by atoms with Crippen molar-refractivity contribution in [2.24, 2.45) is 0 Å². The molecule has 0 aliphatic heterocycles. The molecular weight excluding hydrogens is 345 g/mol. The molecule has 2 N–H and O–H groups in total. The lowest BCUT2D eigenvalue weighted by atomic mass is 10.1. The number of aromatic nitrogens is 2. The van der Waals surface area contributed by atoms with Crippen molar-refractivity contribution in [2.75, 3.05) is 4.72 Å². The number of aromatic amines is 1. The summed E-state index contributed by atoms with van der Waals surface area (Å²) < 4.78 is 40.6. The number of fused-ring (bicyclic) bond motifs is 1. The third kappa shape index (κ3) is 3.00. The Hall–Kier alpha value is -2.18. The molecule has 0 unspecified atom stereocenters. The number of hydrogen-bond donors (Lipinski definition) is 2. The van der Waals surface area contributed by atoms with Crippen molar-refractivity contribution in [1.82, 2.24) is 9.97 Å². The number of nitriles is 1. The molecule has 3 rings (SSSR count). The highest BCUT2D eigenvalue weighted by Crippen LogP contribution is 2.35. The van der Waals surface area contributed by atoms with Gasteiger partial charge in [-0.15, -0.1) is 11.3 Å². The molecule has 0 radical (unpaired) electrons. The highest BCUT2D eigenvalue weighted by atomic mass is 32.2. The van der Waals surface area contributed by atoms with Gasteiger partial charge in [-0.05, 0) is 18.6 Å². The number of benzene rings is 1. The van der Waals surface area contributed by atoms with Crippen LogP contribution >= 0.6 is 23.3 Å². The summed E-state index contributed by atoms with van der Waals surface area (Å²) in [7, 11) is 0. The maximum Gasteiger partial charge on any atom is 0.443 e. The van der Waals surface area contributed by atoms with Crippen molar-refractivity contribution < 1.29 is 13.2 Å². The Morgan fingerprint density at radius 1 is 1.39 bits per heavy atom. The van der Waals surface area contributed by atoms with Crippen molar-refractivity contribution in [2.45, 2.75) is 18.1 Å². The minimum absolute atomic E-state index is 0.239. The second-order valence-corrected chi connectivity index (χ2v) is 6.37. The lowest BCUT2D eigenvalue weighted by Gasteiger charge is -2.07. The molecule has 0 atom stereocenters. The number of aryl methyl sites for hydroxylation is 1. The minimum Gasteiger partial charge on any atom is -0.358 e. The number of nitrogens with zero attached hydrogens (tertiary/aromatic N) is 2. The van der Waals surface area contributed by atoms with Crippen LogP contribution < -0.4 is 4.72 Å². The van der Waals surface area contributed by atoms with E-state index < -0.39 is 11.2 Å². The lowest BCUT2D eigenvalue weighted by Crippen LogP contribution is -2.03. The van der Waals surface area contributed by atoms with Gasteiger partial charge in [-0.1, -0.05) is 6.07 Å². The van der Waals surface area contributed by atoms with Crippen LogP contribution in [-0.2, 0) is 6.18 Å². The second kappa shape index (κ2) is 5.79. The predicted molar refractivity (Wildman–Crippen MR) is 84.3 cm³/mol. The van der Waals surface area contributed by atoms with Crippen LogP contribution in [0.4, 0.5) is 18.9 Å². The second-order valence-electron chi connectivity index (χ2n) is 4.69. The molecule has 0 saturated carbocycles. The van der Waals surface area contributed by atoms with Gasteiger partial charge in [0.05, 0.1) is 16.8 Å². The Labute approximate surface area is 137 Å². The summed E-state index contributed by atoms with van der Waals surface area (Å²) in [5, 5.41) is 10.6. The maximum atomic E-state index is 12.5. The van der Waals surface area contributed by atoms with Gasteiger partial charge in [-0.2, -0.15) is 18.4 Å². The van der Waals surface area contributed by atoms with E-state index in [2.05, 4.69) is 20.8 Å². The Morgan fingerprint density at radius 3 is 2.83 bits per heavy atom. The molecule has 0 amide bonds. The first-order chi connectivity index (χ1) is 10.9. The first-order valence-electron chi connectivity index (χ1n) is 6.36. The molecule has 0 saturated heterocycles. The summed E-state index contributed by atoms with van der Waals surface area (Å²) >= 11 is 1.55. The van der Waals surface area contributed by atoms with Crippen LogP contribution in [-0.4, -0.2) is 9.97 Å². The van der Waals surface area contributed by atoms with Crippen LogP contribution in [0.25, 0.3) is 10.9 Å². The zero-order valence-electron chi connectivity index (χ0n) is 11.7. The van der Waals surface area contributed by atoms with Gasteiger partial charge in [-0.3, -0.25) is 0 Å². The summed E-state index contributed by atoms with van der Waals surface area (Å²) in [5.41, 5.74) is 2.89. The van der Waals surface area contributed by atoms with Gasteiger partial charge >= 0.3 is 6.18 Å². The number of H-pyrrole nitrogens is 1. The monoisotopic (exact) mass is 354 g/mol. The molecule has 4 nitrogen and oxygen atoms in total. The predicted octanol–water partition coefficient (Wildman–Crippen LogP) is 4.94. The van der Waals surface area contributed by atoms with Crippen molar-refractivity contribution in [3.63, 3.8) is 0 Å². The quantitative estimate of drug-likeness (QED) is 0.654. The summed E-state index contributed by atoms with van der Waals surface area (Å²) in [6.45, 7) is 1.89. The van der Waals surface area contributed by atoms with Gasteiger partial charge in [0.1, 0.15) is 11.1 Å². The van der Waals surface area contributed by atoms with E-state index in [-0.39, 0.29) is 5.03 Å². The fourth-order valence-electron chi connectivity index (χ4n) is 2.14. The van der Waals surface area contributed by atoms with E-state index >= 15 is 0 Å². The van der Waals surface area contributed by atoms with Gasteiger partial charge in [0.15, 0.2) is 5.01 Å². The third-order valence-electron chi connectivity index (χ3n) is 3.16. The van der Waals surface area contributed by atoms with Gasteiger partial charge in [0, 0.05) is 28.9 Å². The molecular formula is C14H9F3N4S2. The number of nitrogens with one attached hydrogen (secondary N) is 2. The van der Waals surface area contributed by atoms with E-state index in [1.807, 2.05) is 13.0 Å². The van der Waals surface area contributed by atoms with Crippen LogP contribution in [0, 0.1) is 18.3 Å². The van der Waals surface area contributed by atoms with Crippen molar-refractivity contribution in [1.29, 1.82) is 5.26 Å². The van der Waals surface area contributed by atoms with Crippen molar-refractivity contribution >= 4 is 39.9 Å². The Morgan fingerprint density at radius 2 is 2.17 bits per heavy atom. The molecule has 9 heteroatoms. The number of alkyl halides is 3. The lowest BCUT2D eigenvalue weighted by molar-refractivity contribution is -0.137. The average molecular weight is 354 g/mol. The van der Waals surface area contributed by atoms with Crippen LogP contribution in [0.2, 0.25) is 0 Å². The van der Waals surface area contributed by atoms with Crippen LogP contribution in [0.1, 0.15) is 16.1 Å². The van der Waals surface area contributed by atoms with E-state index in [0.717, 1.165) is 28.4 Å². The van der Waals surface area contributed by atoms with E-state index in [4.69, 9.17) is 5.26 Å². The summed E-state index contributed by atoms with van der Waals surface area (Å²) in [6, 6.07) is 5.76. The molecule has 2 heterocycles. The van der Waals surface area contributed by atoms with Crippen LogP contribution in [0.5, 0.6) is 0 Å².